The lowest BCUT2D eigenvalue weighted by Crippen LogP contribution is -2.44. The summed E-state index contributed by atoms with van der Waals surface area (Å²) in [5.74, 6) is -0.843. The zero-order valence-electron chi connectivity index (χ0n) is 9.73. The number of hydrogen-bond donors (Lipinski definition) is 1. The third-order valence-corrected chi connectivity index (χ3v) is 7.26. The smallest absolute Gasteiger partial charge is 0.322 e. The van der Waals surface area contributed by atoms with Crippen LogP contribution < -0.4 is 0 Å². The summed E-state index contributed by atoms with van der Waals surface area (Å²) in [7, 11) is -3.77. The number of sulfonamides is 1. The van der Waals surface area contributed by atoms with Gasteiger partial charge in [0, 0.05) is 5.75 Å². The maximum atomic E-state index is 12.4. The Bertz CT molecular complexity index is 568. The van der Waals surface area contributed by atoms with Gasteiger partial charge in [0.15, 0.2) is 4.21 Å². The molecule has 2 rings (SSSR count). The van der Waals surface area contributed by atoms with Gasteiger partial charge >= 0.3 is 5.97 Å². The molecular formula is C9H12N2O4S3. The quantitative estimate of drug-likeness (QED) is 0.896. The fourth-order valence-electron chi connectivity index (χ4n) is 1.74. The molecule has 2 heterocycles. The third kappa shape index (κ3) is 2.27. The maximum Gasteiger partial charge on any atom is 0.322 e. The summed E-state index contributed by atoms with van der Waals surface area (Å²) in [4.78, 5) is 15.0. The number of rotatable bonds is 3. The number of nitrogens with zero attached hydrogens (tertiary/aromatic N) is 2. The average molecular weight is 308 g/mol. The lowest BCUT2D eigenvalue weighted by Gasteiger charge is -2.22. The van der Waals surface area contributed by atoms with Gasteiger partial charge < -0.3 is 5.11 Å². The summed E-state index contributed by atoms with van der Waals surface area (Å²) in [6, 6.07) is -1.00. The van der Waals surface area contributed by atoms with Crippen molar-refractivity contribution in [2.45, 2.75) is 29.5 Å². The molecule has 0 aliphatic carbocycles. The number of thiazole rings is 1. The van der Waals surface area contributed by atoms with Crippen molar-refractivity contribution in [2.24, 2.45) is 0 Å². The van der Waals surface area contributed by atoms with Gasteiger partial charge in [0.25, 0.3) is 10.0 Å². The second kappa shape index (κ2) is 4.80. The highest BCUT2D eigenvalue weighted by Gasteiger charge is 2.45. The van der Waals surface area contributed by atoms with Crippen LogP contribution in [0.25, 0.3) is 0 Å². The SMILES string of the molecule is Cc1ncc(S(=O)(=O)N2C(C)SCC2C(=O)O)s1. The van der Waals surface area contributed by atoms with Gasteiger partial charge in [0.2, 0.25) is 0 Å². The van der Waals surface area contributed by atoms with Crippen molar-refractivity contribution >= 4 is 39.1 Å². The number of carboxylic acid groups (broad SMARTS) is 1. The molecule has 0 bridgehead atoms. The number of carbonyl (C=O) groups is 1. The lowest BCUT2D eigenvalue weighted by atomic mass is 10.3. The Morgan fingerprint density at radius 3 is 2.78 bits per heavy atom. The van der Waals surface area contributed by atoms with Gasteiger partial charge in [-0.05, 0) is 13.8 Å². The first-order valence-corrected chi connectivity index (χ1v) is 8.45. The molecule has 1 aromatic heterocycles. The Hall–Kier alpha value is -0.640. The molecule has 100 valence electrons. The first-order valence-electron chi connectivity index (χ1n) is 5.14. The molecule has 1 N–H and O–H groups in total. The van der Waals surface area contributed by atoms with Crippen molar-refractivity contribution in [3.63, 3.8) is 0 Å². The minimum Gasteiger partial charge on any atom is -0.480 e. The summed E-state index contributed by atoms with van der Waals surface area (Å²) in [5.41, 5.74) is 0. The van der Waals surface area contributed by atoms with Crippen LogP contribution in [0.5, 0.6) is 0 Å². The molecule has 1 saturated heterocycles. The summed E-state index contributed by atoms with van der Waals surface area (Å²) < 4.78 is 25.9. The van der Waals surface area contributed by atoms with E-state index in [1.807, 2.05) is 0 Å². The summed E-state index contributed by atoms with van der Waals surface area (Å²) in [5, 5.41) is 9.35. The highest BCUT2D eigenvalue weighted by Crippen LogP contribution is 2.35. The molecule has 0 amide bonds. The fraction of sp³-hybridized carbons (Fsp3) is 0.556. The molecule has 0 radical (unpaired) electrons. The molecule has 18 heavy (non-hydrogen) atoms. The molecule has 9 heteroatoms. The molecule has 6 nitrogen and oxygen atoms in total. The van der Waals surface area contributed by atoms with Crippen LogP contribution >= 0.6 is 23.1 Å². The molecule has 1 aliphatic heterocycles. The predicted octanol–water partition coefficient (Wildman–Crippen LogP) is 0.988. The van der Waals surface area contributed by atoms with Crippen LogP contribution in [0.4, 0.5) is 0 Å². The Morgan fingerprint density at radius 2 is 2.28 bits per heavy atom. The topological polar surface area (TPSA) is 87.6 Å². The van der Waals surface area contributed by atoms with E-state index in [9.17, 15) is 13.2 Å². The van der Waals surface area contributed by atoms with Crippen molar-refractivity contribution < 1.29 is 18.3 Å². The van der Waals surface area contributed by atoms with Crippen LogP contribution in [0.15, 0.2) is 10.4 Å². The van der Waals surface area contributed by atoms with Crippen LogP contribution in [-0.4, -0.2) is 46.0 Å². The molecule has 0 spiro atoms. The number of thioether (sulfide) groups is 1. The van der Waals surface area contributed by atoms with Crippen molar-refractivity contribution in [1.82, 2.24) is 9.29 Å². The normalized spacial score (nSPS) is 25.4. The second-order valence-corrected chi connectivity index (χ2v) is 8.47. The number of aryl methyl sites for hydroxylation is 1. The highest BCUT2D eigenvalue weighted by molar-refractivity contribution is 8.01. The van der Waals surface area contributed by atoms with Crippen molar-refractivity contribution in [2.75, 3.05) is 5.75 Å². The first-order chi connectivity index (χ1) is 8.34. The fourth-order valence-corrected chi connectivity index (χ4v) is 6.24. The van der Waals surface area contributed by atoms with Crippen LogP contribution in [0, 0.1) is 6.92 Å². The van der Waals surface area contributed by atoms with Gasteiger partial charge in [-0.2, -0.15) is 4.31 Å². The molecule has 1 fully saturated rings. The molecule has 1 aromatic rings. The Labute approximate surface area is 113 Å². The van der Waals surface area contributed by atoms with E-state index in [2.05, 4.69) is 4.98 Å². The largest absolute Gasteiger partial charge is 0.480 e. The molecule has 0 aromatic carbocycles. The summed E-state index contributed by atoms with van der Waals surface area (Å²) in [6.45, 7) is 3.40. The number of carboxylic acids is 1. The molecular weight excluding hydrogens is 296 g/mol. The minimum atomic E-state index is -3.77. The number of aromatic nitrogens is 1. The van der Waals surface area contributed by atoms with Gasteiger partial charge in [-0.3, -0.25) is 4.79 Å². The van der Waals surface area contributed by atoms with E-state index in [4.69, 9.17) is 5.11 Å². The van der Waals surface area contributed by atoms with E-state index in [-0.39, 0.29) is 15.3 Å². The molecule has 0 saturated carbocycles. The highest BCUT2D eigenvalue weighted by atomic mass is 32.2. The zero-order valence-corrected chi connectivity index (χ0v) is 12.2. The predicted molar refractivity (Wildman–Crippen MR) is 69.2 cm³/mol. The van der Waals surface area contributed by atoms with E-state index in [0.717, 1.165) is 15.6 Å². The minimum absolute atomic E-state index is 0.0978. The third-order valence-electron chi connectivity index (χ3n) is 2.58. The van der Waals surface area contributed by atoms with Crippen molar-refractivity contribution in [1.29, 1.82) is 0 Å². The number of hydrogen-bond acceptors (Lipinski definition) is 6. The van der Waals surface area contributed by atoms with Gasteiger partial charge in [0.05, 0.1) is 16.6 Å². The van der Waals surface area contributed by atoms with E-state index >= 15 is 0 Å². The van der Waals surface area contributed by atoms with Crippen LogP contribution in [0.2, 0.25) is 0 Å². The second-order valence-electron chi connectivity index (χ2n) is 3.82. The van der Waals surface area contributed by atoms with E-state index in [1.165, 1.54) is 18.0 Å². The maximum absolute atomic E-state index is 12.4. The molecule has 2 unspecified atom stereocenters. The monoisotopic (exact) mass is 308 g/mol. The van der Waals surface area contributed by atoms with Crippen molar-refractivity contribution in [3.8, 4) is 0 Å². The van der Waals surface area contributed by atoms with Gasteiger partial charge in [-0.1, -0.05) is 0 Å². The Balaban J connectivity index is 2.42. The van der Waals surface area contributed by atoms with E-state index in [1.54, 1.807) is 13.8 Å². The summed E-state index contributed by atoms with van der Waals surface area (Å²) >= 11 is 2.37. The average Bonchev–Trinajstić information content (AvgIpc) is 2.84. The van der Waals surface area contributed by atoms with Crippen molar-refractivity contribution in [3.05, 3.63) is 11.2 Å². The van der Waals surface area contributed by atoms with Gasteiger partial charge in [0.1, 0.15) is 6.04 Å². The summed E-state index contributed by atoms with van der Waals surface area (Å²) in [6.07, 6.45) is 1.28. The Kier molecular flexibility index (Phi) is 3.67. The first kappa shape index (κ1) is 13.8. The van der Waals surface area contributed by atoms with E-state index < -0.39 is 22.0 Å². The van der Waals surface area contributed by atoms with Gasteiger partial charge in [-0.15, -0.1) is 23.1 Å². The lowest BCUT2D eigenvalue weighted by molar-refractivity contribution is -0.140. The zero-order chi connectivity index (χ0) is 13.5. The van der Waals surface area contributed by atoms with E-state index in [0.29, 0.717) is 5.01 Å². The van der Waals surface area contributed by atoms with Gasteiger partial charge in [-0.25, -0.2) is 13.4 Å². The van der Waals surface area contributed by atoms with Crippen LogP contribution in [0.1, 0.15) is 11.9 Å². The standard InChI is InChI=1S/C9H12N2O4S3/c1-5-10-3-8(17-5)18(14,15)11-6(2)16-4-7(11)9(12)13/h3,6-7H,4H2,1-2H3,(H,12,13). The van der Waals surface area contributed by atoms with Crippen LogP contribution in [-0.2, 0) is 14.8 Å². The van der Waals surface area contributed by atoms with Crippen LogP contribution in [0.3, 0.4) is 0 Å². The molecule has 2 atom stereocenters. The number of aliphatic carboxylic acids is 1. The molecule has 1 aliphatic rings. The Morgan fingerprint density at radius 1 is 1.61 bits per heavy atom.